The van der Waals surface area contributed by atoms with Crippen LogP contribution in [0.5, 0.6) is 0 Å². The zero-order valence-corrected chi connectivity index (χ0v) is 30.5. The molecule has 2 heteroatoms. The summed E-state index contributed by atoms with van der Waals surface area (Å²) in [6.45, 7) is 0. The molecule has 0 saturated carbocycles. The summed E-state index contributed by atoms with van der Waals surface area (Å²) in [5.41, 5.74) is 15.7. The lowest BCUT2D eigenvalue weighted by Gasteiger charge is -2.29. The summed E-state index contributed by atoms with van der Waals surface area (Å²) in [7, 11) is 0. The van der Waals surface area contributed by atoms with Crippen LogP contribution < -0.4 is 0 Å². The summed E-state index contributed by atoms with van der Waals surface area (Å²) in [6, 6.07) is 39.0. The van der Waals surface area contributed by atoms with E-state index in [1.165, 1.54) is 88.4 Å². The van der Waals surface area contributed by atoms with E-state index in [0.717, 1.165) is 38.5 Å². The van der Waals surface area contributed by atoms with Gasteiger partial charge in [0.2, 0.25) is 0 Å². The van der Waals surface area contributed by atoms with Crippen LogP contribution in [0.1, 0.15) is 43.2 Å². The third kappa shape index (κ3) is 5.01. The molecule has 260 valence electrons. The number of fused-ring (bicyclic) bond motifs is 7. The van der Waals surface area contributed by atoms with Crippen molar-refractivity contribution in [2.24, 2.45) is 11.8 Å². The van der Waals surface area contributed by atoms with E-state index in [1.807, 2.05) is 0 Å². The van der Waals surface area contributed by atoms with Gasteiger partial charge in [-0.25, -0.2) is 0 Å². The van der Waals surface area contributed by atoms with E-state index in [9.17, 15) is 0 Å². The topological polar surface area (TPSA) is 9.86 Å². The van der Waals surface area contributed by atoms with Crippen molar-refractivity contribution in [2.45, 2.75) is 38.5 Å². The molecule has 5 aromatic carbocycles. The number of benzene rings is 5. The predicted molar refractivity (Wildman–Crippen MR) is 230 cm³/mol. The van der Waals surface area contributed by atoms with Crippen molar-refractivity contribution in [1.82, 2.24) is 9.13 Å². The molecular formula is C52H42N2. The van der Waals surface area contributed by atoms with E-state index in [4.69, 9.17) is 0 Å². The first-order valence-corrected chi connectivity index (χ1v) is 19.8. The van der Waals surface area contributed by atoms with Gasteiger partial charge in [-0.1, -0.05) is 127 Å². The Bertz CT molecular complexity index is 2890. The molecular weight excluding hydrogens is 653 g/mol. The summed E-state index contributed by atoms with van der Waals surface area (Å²) < 4.78 is 5.08. The molecule has 7 aromatic rings. The molecule has 0 fully saturated rings. The quantitative estimate of drug-likeness (QED) is 0.170. The van der Waals surface area contributed by atoms with Crippen LogP contribution in [-0.4, -0.2) is 9.13 Å². The lowest BCUT2D eigenvalue weighted by Crippen LogP contribution is -2.17. The molecule has 2 heterocycles. The molecule has 0 aliphatic heterocycles. The third-order valence-corrected chi connectivity index (χ3v) is 12.3. The monoisotopic (exact) mass is 694 g/mol. The minimum absolute atomic E-state index is 0.427. The van der Waals surface area contributed by atoms with Crippen LogP contribution in [0, 0.1) is 11.8 Å². The SMILES string of the molecule is C1=CCC(C2C=C(C3=CCCC=C3)C=C(n3c4ccccc4c4c(-c5cccc6c5c5ccccc5n6-c5ccc6c(c5)CCC=C6)cccc43)C2)C=C1. The summed E-state index contributed by atoms with van der Waals surface area (Å²) in [5.74, 6) is 0.920. The van der Waals surface area contributed by atoms with E-state index < -0.39 is 0 Å². The number of hydrogen-bond donors (Lipinski definition) is 0. The van der Waals surface area contributed by atoms with Crippen LogP contribution in [-0.2, 0) is 6.42 Å². The van der Waals surface area contributed by atoms with Gasteiger partial charge in [-0.2, -0.15) is 0 Å². The first kappa shape index (κ1) is 31.4. The first-order chi connectivity index (χ1) is 26.8. The van der Waals surface area contributed by atoms with Crippen molar-refractivity contribution in [3.63, 3.8) is 0 Å². The zero-order valence-electron chi connectivity index (χ0n) is 30.5. The second-order valence-electron chi connectivity index (χ2n) is 15.4. The molecule has 2 atom stereocenters. The molecule has 0 amide bonds. The number of para-hydroxylation sites is 2. The van der Waals surface area contributed by atoms with Gasteiger partial charge in [-0.05, 0) is 126 Å². The fourth-order valence-electron chi connectivity index (χ4n) is 9.81. The Labute approximate surface area is 316 Å². The third-order valence-electron chi connectivity index (χ3n) is 12.3. The Kier molecular flexibility index (Phi) is 7.43. The van der Waals surface area contributed by atoms with Gasteiger partial charge in [-0.3, -0.25) is 0 Å². The Morgan fingerprint density at radius 2 is 1.28 bits per heavy atom. The maximum absolute atomic E-state index is 2.59. The maximum Gasteiger partial charge on any atom is 0.0547 e. The zero-order chi connectivity index (χ0) is 35.6. The molecule has 0 saturated heterocycles. The van der Waals surface area contributed by atoms with Gasteiger partial charge in [0.05, 0.1) is 22.1 Å². The van der Waals surface area contributed by atoms with E-state index in [1.54, 1.807) is 0 Å². The van der Waals surface area contributed by atoms with E-state index in [-0.39, 0.29) is 0 Å². The summed E-state index contributed by atoms with van der Waals surface area (Å²) in [4.78, 5) is 0. The van der Waals surface area contributed by atoms with Crippen LogP contribution >= 0.6 is 0 Å². The van der Waals surface area contributed by atoms with Crippen LogP contribution in [0.15, 0.2) is 175 Å². The molecule has 54 heavy (non-hydrogen) atoms. The van der Waals surface area contributed by atoms with Crippen molar-refractivity contribution in [3.05, 3.63) is 186 Å². The van der Waals surface area contributed by atoms with E-state index in [2.05, 4.69) is 179 Å². The smallest absolute Gasteiger partial charge is 0.0547 e. The lowest BCUT2D eigenvalue weighted by atomic mass is 9.78. The molecule has 2 unspecified atom stereocenters. The Balaban J connectivity index is 1.14. The fraction of sp³-hybridized carbons (Fsp3) is 0.154. The first-order valence-electron chi connectivity index (χ1n) is 19.8. The predicted octanol–water partition coefficient (Wildman–Crippen LogP) is 13.7. The number of rotatable bonds is 5. The number of aryl methyl sites for hydroxylation is 1. The molecule has 4 aliphatic rings. The van der Waals surface area contributed by atoms with Crippen LogP contribution in [0.4, 0.5) is 0 Å². The van der Waals surface area contributed by atoms with Crippen LogP contribution in [0.25, 0.3) is 72.2 Å². The molecule has 11 rings (SSSR count). The highest BCUT2D eigenvalue weighted by molar-refractivity contribution is 6.22. The van der Waals surface area contributed by atoms with E-state index in [0.29, 0.717) is 11.8 Å². The molecule has 0 N–H and O–H groups in total. The van der Waals surface area contributed by atoms with Gasteiger partial charge in [0.1, 0.15) is 0 Å². The van der Waals surface area contributed by atoms with Gasteiger partial charge < -0.3 is 9.13 Å². The number of nitrogens with zero attached hydrogens (tertiary/aromatic N) is 2. The normalized spacial score (nSPS) is 19.4. The van der Waals surface area contributed by atoms with Crippen molar-refractivity contribution in [1.29, 1.82) is 0 Å². The average Bonchev–Trinajstić information content (AvgIpc) is 3.77. The lowest BCUT2D eigenvalue weighted by molar-refractivity contribution is 0.476. The standard InChI is InChI=1S/C52H42N2/c1-3-15-35(16-4-1)39-31-40(36-17-5-2-6-18-36)34-42(33-39)54-48-26-12-10-22-46(48)52-44(24-14-28-50(52)54)43-23-13-27-49-51(43)45-21-9-11-25-47(45)53(49)41-30-29-37-19-7-8-20-38(37)32-41/h1,3-5,7,9-15,17-19,21-32,34-35,39H,2,6,8,16,20,33H2. The minimum atomic E-state index is 0.427. The summed E-state index contributed by atoms with van der Waals surface area (Å²) in [6.07, 6.45) is 32.4. The van der Waals surface area contributed by atoms with Crippen molar-refractivity contribution < 1.29 is 0 Å². The second-order valence-corrected chi connectivity index (χ2v) is 15.4. The number of hydrogen-bond acceptors (Lipinski definition) is 0. The van der Waals surface area contributed by atoms with Crippen molar-refractivity contribution in [3.8, 4) is 16.8 Å². The minimum Gasteiger partial charge on any atom is -0.313 e. The largest absolute Gasteiger partial charge is 0.313 e. The maximum atomic E-state index is 2.59. The molecule has 4 aliphatic carbocycles. The highest BCUT2D eigenvalue weighted by Crippen LogP contribution is 2.46. The van der Waals surface area contributed by atoms with Crippen LogP contribution in [0.3, 0.4) is 0 Å². The number of allylic oxidation sites excluding steroid dienone is 13. The molecule has 2 aromatic heterocycles. The molecule has 0 spiro atoms. The molecule has 2 nitrogen and oxygen atoms in total. The van der Waals surface area contributed by atoms with E-state index >= 15 is 0 Å². The van der Waals surface area contributed by atoms with Crippen molar-refractivity contribution >= 4 is 55.4 Å². The molecule has 0 radical (unpaired) electrons. The highest BCUT2D eigenvalue weighted by Gasteiger charge is 2.27. The molecule has 0 bridgehead atoms. The Hall–Kier alpha value is -6.12. The van der Waals surface area contributed by atoms with Gasteiger partial charge in [0.15, 0.2) is 0 Å². The van der Waals surface area contributed by atoms with Crippen molar-refractivity contribution in [2.75, 3.05) is 0 Å². The average molecular weight is 695 g/mol. The second kappa shape index (κ2) is 12.8. The Morgan fingerprint density at radius 1 is 0.556 bits per heavy atom. The summed E-state index contributed by atoms with van der Waals surface area (Å²) >= 11 is 0. The van der Waals surface area contributed by atoms with Gasteiger partial charge in [0.25, 0.3) is 0 Å². The number of aromatic nitrogens is 2. The Morgan fingerprint density at radius 3 is 2.02 bits per heavy atom. The summed E-state index contributed by atoms with van der Waals surface area (Å²) in [5, 5.41) is 5.23. The fourth-order valence-corrected chi connectivity index (χ4v) is 9.81. The van der Waals surface area contributed by atoms with Gasteiger partial charge >= 0.3 is 0 Å². The van der Waals surface area contributed by atoms with Gasteiger partial charge in [-0.15, -0.1) is 0 Å². The van der Waals surface area contributed by atoms with Crippen LogP contribution in [0.2, 0.25) is 0 Å². The highest BCUT2D eigenvalue weighted by atomic mass is 15.0. The van der Waals surface area contributed by atoms with Gasteiger partial charge in [0, 0.05) is 32.9 Å².